The van der Waals surface area contributed by atoms with Gasteiger partial charge in [-0.3, -0.25) is 9.59 Å². The molecule has 1 aliphatic carbocycles. The summed E-state index contributed by atoms with van der Waals surface area (Å²) in [5.41, 5.74) is 9.02. The summed E-state index contributed by atoms with van der Waals surface area (Å²) in [4.78, 5) is 30.2. The van der Waals surface area contributed by atoms with Gasteiger partial charge < -0.3 is 26.0 Å². The predicted octanol–water partition coefficient (Wildman–Crippen LogP) is 2.00. The maximum Gasteiger partial charge on any atom is 0.268 e. The fraction of sp³-hybridized carbons (Fsp3) is 0.273. The average molecular weight is 427 g/mol. The molecule has 0 saturated carbocycles. The van der Waals surface area contributed by atoms with E-state index in [1.54, 1.807) is 25.2 Å². The number of aromatic nitrogens is 1. The van der Waals surface area contributed by atoms with Crippen LogP contribution in [0.1, 0.15) is 27.7 Å². The van der Waals surface area contributed by atoms with E-state index in [0.29, 0.717) is 17.1 Å². The lowest BCUT2D eigenvalue weighted by Crippen LogP contribution is -2.50. The molecule has 0 spiro atoms. The minimum Gasteiger partial charge on any atom is -0.394 e. The van der Waals surface area contributed by atoms with Crippen molar-refractivity contribution in [3.05, 3.63) is 70.4 Å². The molecule has 1 heterocycles. The van der Waals surface area contributed by atoms with Crippen LogP contribution in [0.3, 0.4) is 0 Å². The molecule has 1 aromatic heterocycles. The molecular weight excluding hydrogens is 404 g/mol. The Morgan fingerprint density at radius 2 is 2.07 bits per heavy atom. The van der Waals surface area contributed by atoms with Gasteiger partial charge in [-0.05, 0) is 41.8 Å². The van der Waals surface area contributed by atoms with Gasteiger partial charge in [-0.1, -0.05) is 35.9 Å². The molecule has 156 valence electrons. The Hall–Kier alpha value is -2.87. The van der Waals surface area contributed by atoms with Crippen molar-refractivity contribution in [1.29, 1.82) is 0 Å². The number of nitrogens with zero attached hydrogens (tertiary/aromatic N) is 1. The number of aromatic amines is 1. The molecule has 0 saturated heterocycles. The van der Waals surface area contributed by atoms with Crippen LogP contribution in [0.5, 0.6) is 0 Å². The molecule has 0 aliphatic heterocycles. The number of nitrogens with one attached hydrogen (secondary N) is 2. The highest BCUT2D eigenvalue weighted by molar-refractivity contribution is 6.31. The van der Waals surface area contributed by atoms with Crippen LogP contribution >= 0.6 is 11.6 Å². The highest BCUT2D eigenvalue weighted by Crippen LogP contribution is 2.36. The van der Waals surface area contributed by atoms with Crippen LogP contribution in [-0.4, -0.2) is 52.5 Å². The van der Waals surface area contributed by atoms with Crippen LogP contribution in [0.2, 0.25) is 5.02 Å². The number of likely N-dealkylation sites (N-methyl/N-ethyl adjacent to an activating group) is 1. The van der Waals surface area contributed by atoms with Crippen molar-refractivity contribution in [2.24, 2.45) is 5.73 Å². The average Bonchev–Trinajstić information content (AvgIpc) is 3.32. The van der Waals surface area contributed by atoms with Gasteiger partial charge >= 0.3 is 0 Å². The van der Waals surface area contributed by atoms with Crippen molar-refractivity contribution >= 4 is 34.3 Å². The number of carbonyl (C=O) groups is 2. The summed E-state index contributed by atoms with van der Waals surface area (Å²) in [5.74, 6) is -0.642. The van der Waals surface area contributed by atoms with Crippen LogP contribution < -0.4 is 11.1 Å². The molecule has 4 rings (SSSR count). The van der Waals surface area contributed by atoms with Crippen LogP contribution in [0, 0.1) is 0 Å². The number of aliphatic hydroxyl groups is 1. The highest BCUT2D eigenvalue weighted by Gasteiger charge is 2.39. The lowest BCUT2D eigenvalue weighted by atomic mass is 10.0. The number of rotatable bonds is 5. The van der Waals surface area contributed by atoms with Crippen molar-refractivity contribution in [3.8, 4) is 0 Å². The first-order valence-corrected chi connectivity index (χ1v) is 10.1. The summed E-state index contributed by atoms with van der Waals surface area (Å²) in [6.07, 6.45) is 0.588. The van der Waals surface area contributed by atoms with Crippen molar-refractivity contribution < 1.29 is 14.7 Å². The second kappa shape index (κ2) is 8.10. The summed E-state index contributed by atoms with van der Waals surface area (Å²) >= 11 is 6.04. The fourth-order valence-corrected chi connectivity index (χ4v) is 4.31. The molecule has 5 N–H and O–H groups in total. The van der Waals surface area contributed by atoms with Crippen LogP contribution in [0.25, 0.3) is 10.9 Å². The normalized spacial score (nSPS) is 18.8. The number of aliphatic hydroxyl groups excluding tert-OH is 1. The van der Waals surface area contributed by atoms with Gasteiger partial charge in [0, 0.05) is 23.0 Å². The second-order valence-corrected chi connectivity index (χ2v) is 8.02. The number of hydrogen-bond acceptors (Lipinski definition) is 4. The molecule has 2 amide bonds. The second-order valence-electron chi connectivity index (χ2n) is 7.58. The number of amides is 2. The van der Waals surface area contributed by atoms with E-state index in [2.05, 4.69) is 10.3 Å². The standard InChI is InChI=1S/C22H23ClN4O3/c1-27(22(30)16(24)11-28)20-15-5-3-2-4-12(15)9-18(20)26-21(29)19-10-13-8-14(23)6-7-17(13)25-19/h2-8,10,16,18,20,25,28H,9,11,24H2,1H3,(H,26,29)/t16-,18+,20+/m0/s1. The largest absolute Gasteiger partial charge is 0.394 e. The summed E-state index contributed by atoms with van der Waals surface area (Å²) in [7, 11) is 1.65. The molecule has 30 heavy (non-hydrogen) atoms. The van der Waals surface area contributed by atoms with Gasteiger partial charge in [-0.25, -0.2) is 0 Å². The summed E-state index contributed by atoms with van der Waals surface area (Å²) in [6.45, 7) is -0.438. The lowest BCUT2D eigenvalue weighted by Gasteiger charge is -2.32. The number of halogens is 1. The Bertz CT molecular complexity index is 1110. The third-order valence-corrected chi connectivity index (χ3v) is 5.85. The Kier molecular flexibility index (Phi) is 5.51. The van der Waals surface area contributed by atoms with E-state index in [0.717, 1.165) is 22.0 Å². The van der Waals surface area contributed by atoms with E-state index in [4.69, 9.17) is 17.3 Å². The highest BCUT2D eigenvalue weighted by atomic mass is 35.5. The third kappa shape index (κ3) is 3.67. The van der Waals surface area contributed by atoms with Crippen molar-refractivity contribution in [3.63, 3.8) is 0 Å². The molecule has 0 fully saturated rings. The fourth-order valence-electron chi connectivity index (χ4n) is 4.13. The smallest absolute Gasteiger partial charge is 0.268 e. The first-order valence-electron chi connectivity index (χ1n) is 9.69. The molecular formula is C22H23ClN4O3. The number of nitrogens with two attached hydrogens (primary N) is 1. The first-order chi connectivity index (χ1) is 14.4. The van der Waals surface area contributed by atoms with Gasteiger partial charge in [0.25, 0.3) is 5.91 Å². The minimum absolute atomic E-state index is 0.266. The third-order valence-electron chi connectivity index (χ3n) is 5.62. The van der Waals surface area contributed by atoms with Gasteiger partial charge in [0.1, 0.15) is 11.7 Å². The van der Waals surface area contributed by atoms with Gasteiger partial charge in [-0.2, -0.15) is 0 Å². The topological polar surface area (TPSA) is 111 Å². The number of carbonyl (C=O) groups excluding carboxylic acids is 2. The summed E-state index contributed by atoms with van der Waals surface area (Å²) < 4.78 is 0. The van der Waals surface area contributed by atoms with Crippen LogP contribution in [0.15, 0.2) is 48.5 Å². The number of fused-ring (bicyclic) bond motifs is 2. The number of benzene rings is 2. The first kappa shape index (κ1) is 20.4. The Labute approximate surface area is 178 Å². The van der Waals surface area contributed by atoms with E-state index >= 15 is 0 Å². The molecule has 8 heteroatoms. The van der Waals surface area contributed by atoms with E-state index in [1.807, 2.05) is 30.3 Å². The maximum absolute atomic E-state index is 13.0. The molecule has 7 nitrogen and oxygen atoms in total. The zero-order valence-electron chi connectivity index (χ0n) is 16.4. The maximum atomic E-state index is 13.0. The monoisotopic (exact) mass is 426 g/mol. The molecule has 0 radical (unpaired) electrons. The van der Waals surface area contributed by atoms with Gasteiger partial charge in [-0.15, -0.1) is 0 Å². The van der Waals surface area contributed by atoms with E-state index < -0.39 is 12.6 Å². The van der Waals surface area contributed by atoms with Crippen molar-refractivity contribution in [2.45, 2.75) is 24.5 Å². The molecule has 2 aromatic carbocycles. The summed E-state index contributed by atoms with van der Waals surface area (Å²) in [6, 6.07) is 13.2. The number of H-pyrrole nitrogens is 1. The Morgan fingerprint density at radius 3 is 2.83 bits per heavy atom. The quantitative estimate of drug-likeness (QED) is 0.500. The van der Waals surface area contributed by atoms with Crippen LogP contribution in [0.4, 0.5) is 0 Å². The lowest BCUT2D eigenvalue weighted by molar-refractivity contribution is -0.134. The van der Waals surface area contributed by atoms with Gasteiger partial charge in [0.05, 0.1) is 18.7 Å². The molecule has 0 unspecified atom stereocenters. The van der Waals surface area contributed by atoms with E-state index in [9.17, 15) is 14.7 Å². The van der Waals surface area contributed by atoms with Crippen LogP contribution in [-0.2, 0) is 11.2 Å². The zero-order chi connectivity index (χ0) is 21.4. The SMILES string of the molecule is CN(C(=O)[C@@H](N)CO)[C@@H]1c2ccccc2C[C@H]1NC(=O)c1cc2cc(Cl)ccc2[nH]1. The number of hydrogen-bond donors (Lipinski definition) is 4. The predicted molar refractivity (Wildman–Crippen MR) is 115 cm³/mol. The van der Waals surface area contributed by atoms with Gasteiger partial charge in [0.15, 0.2) is 0 Å². The molecule has 3 aromatic rings. The van der Waals surface area contributed by atoms with E-state index in [1.165, 1.54) is 4.90 Å². The zero-order valence-corrected chi connectivity index (χ0v) is 17.2. The van der Waals surface area contributed by atoms with E-state index in [-0.39, 0.29) is 23.9 Å². The molecule has 1 aliphatic rings. The minimum atomic E-state index is -1.00. The van der Waals surface area contributed by atoms with Gasteiger partial charge in [0.2, 0.25) is 5.91 Å². The Balaban J connectivity index is 1.61. The Morgan fingerprint density at radius 1 is 1.30 bits per heavy atom. The van der Waals surface area contributed by atoms with Crippen molar-refractivity contribution in [1.82, 2.24) is 15.2 Å². The molecule has 3 atom stereocenters. The molecule has 0 bridgehead atoms. The summed E-state index contributed by atoms with van der Waals surface area (Å²) in [5, 5.41) is 13.8. The van der Waals surface area contributed by atoms with Crippen molar-refractivity contribution in [2.75, 3.05) is 13.7 Å².